The second-order valence-electron chi connectivity index (χ2n) is 10.0. The molecule has 0 fully saturated rings. The number of carbonyl (C=O) groups excluding carboxylic acids is 2. The smallest absolute Gasteiger partial charge is 0.321 e. The molecule has 2 N–H and O–H groups in total. The van der Waals surface area contributed by atoms with E-state index in [-0.39, 0.29) is 30.6 Å². The highest BCUT2D eigenvalue weighted by molar-refractivity contribution is 6.01. The highest BCUT2D eigenvalue weighted by Gasteiger charge is 2.31. The molecule has 3 amide bonds. The number of amides is 3. The third kappa shape index (κ3) is 6.41. The maximum Gasteiger partial charge on any atom is 0.321 e. The van der Waals surface area contributed by atoms with Gasteiger partial charge in [0, 0.05) is 31.6 Å². The van der Waals surface area contributed by atoms with E-state index in [1.54, 1.807) is 36.1 Å². The number of nitrogens with zero attached hydrogens (tertiary/aromatic N) is 2. The molecule has 0 saturated carbocycles. The van der Waals surface area contributed by atoms with Gasteiger partial charge in [0.1, 0.15) is 5.75 Å². The lowest BCUT2D eigenvalue weighted by Crippen LogP contribution is -2.48. The fourth-order valence-electron chi connectivity index (χ4n) is 4.86. The number of methoxy groups -OCH3 is 1. The van der Waals surface area contributed by atoms with Crippen LogP contribution in [0.4, 0.5) is 10.5 Å². The number of hydrogen-bond donors (Lipinski definition) is 2. The molecule has 8 heteroatoms. The summed E-state index contributed by atoms with van der Waals surface area (Å²) >= 11 is 0. The fraction of sp³-hybridized carbons (Fsp3) is 0.355. The summed E-state index contributed by atoms with van der Waals surface area (Å²) in [7, 11) is 3.28. The number of aliphatic hydroxyl groups excluding tert-OH is 1. The summed E-state index contributed by atoms with van der Waals surface area (Å²) in [5, 5.41) is 12.9. The summed E-state index contributed by atoms with van der Waals surface area (Å²) in [4.78, 5) is 30.3. The molecule has 3 aromatic carbocycles. The number of likely N-dealkylation sites (N-methyl/N-ethyl adjacent to an activating group) is 1. The maximum atomic E-state index is 13.9. The number of fused-ring (bicyclic) bond motifs is 3. The number of anilines is 1. The van der Waals surface area contributed by atoms with Crippen LogP contribution in [-0.2, 0) is 11.3 Å². The minimum absolute atomic E-state index is 0.137. The average Bonchev–Trinajstić information content (AvgIpc) is 2.98. The normalized spacial score (nSPS) is 18.3. The largest absolute Gasteiger partial charge is 0.495 e. The Morgan fingerprint density at radius 3 is 2.44 bits per heavy atom. The van der Waals surface area contributed by atoms with Gasteiger partial charge in [-0.1, -0.05) is 61.5 Å². The van der Waals surface area contributed by atoms with Gasteiger partial charge >= 0.3 is 6.03 Å². The van der Waals surface area contributed by atoms with E-state index >= 15 is 0 Å². The SMILES string of the molecule is COc1ccccc1NC(=O)N(C)C[C@H]1OCc2ccccc2-c2ccccc2C(=O)N([C@H](C)CO)C[C@@H]1C. The van der Waals surface area contributed by atoms with Crippen LogP contribution in [-0.4, -0.2) is 72.8 Å². The molecule has 1 aliphatic heterocycles. The lowest BCUT2D eigenvalue weighted by molar-refractivity contribution is -0.0178. The van der Waals surface area contributed by atoms with Gasteiger partial charge in [0.2, 0.25) is 0 Å². The first kappa shape index (κ1) is 28.1. The van der Waals surface area contributed by atoms with E-state index in [0.29, 0.717) is 36.7 Å². The van der Waals surface area contributed by atoms with Crippen molar-refractivity contribution >= 4 is 17.6 Å². The summed E-state index contributed by atoms with van der Waals surface area (Å²) in [6.07, 6.45) is -0.381. The molecule has 0 aliphatic carbocycles. The topological polar surface area (TPSA) is 91.3 Å². The molecule has 3 atom stereocenters. The Morgan fingerprint density at radius 2 is 1.72 bits per heavy atom. The van der Waals surface area contributed by atoms with Crippen LogP contribution in [0.5, 0.6) is 5.75 Å². The van der Waals surface area contributed by atoms with Gasteiger partial charge in [-0.15, -0.1) is 0 Å². The molecule has 1 heterocycles. The molecular formula is C31H37N3O5. The lowest BCUT2D eigenvalue weighted by atomic mass is 9.94. The van der Waals surface area contributed by atoms with Crippen LogP contribution in [0.25, 0.3) is 11.1 Å². The van der Waals surface area contributed by atoms with Crippen molar-refractivity contribution < 1.29 is 24.2 Å². The lowest BCUT2D eigenvalue weighted by Gasteiger charge is -2.35. The number of aliphatic hydroxyl groups is 1. The van der Waals surface area contributed by atoms with Crippen molar-refractivity contribution in [2.75, 3.05) is 39.2 Å². The molecular weight excluding hydrogens is 494 g/mol. The average molecular weight is 532 g/mol. The number of nitrogens with one attached hydrogen (secondary N) is 1. The number of hydrogen-bond acceptors (Lipinski definition) is 5. The quantitative estimate of drug-likeness (QED) is 0.473. The molecule has 8 nitrogen and oxygen atoms in total. The number of benzene rings is 3. The zero-order chi connectivity index (χ0) is 27.9. The first-order valence-corrected chi connectivity index (χ1v) is 13.2. The summed E-state index contributed by atoms with van der Waals surface area (Å²) in [6.45, 7) is 4.67. The highest BCUT2D eigenvalue weighted by atomic mass is 16.5. The molecule has 3 aromatic rings. The van der Waals surface area contributed by atoms with Gasteiger partial charge in [0.25, 0.3) is 5.91 Å². The van der Waals surface area contributed by atoms with Crippen molar-refractivity contribution in [3.63, 3.8) is 0 Å². The zero-order valence-corrected chi connectivity index (χ0v) is 23.0. The van der Waals surface area contributed by atoms with E-state index in [1.165, 1.54) is 0 Å². The Hall–Kier alpha value is -3.88. The Kier molecular flexibility index (Phi) is 9.22. The van der Waals surface area contributed by atoms with Crippen molar-refractivity contribution in [3.05, 3.63) is 83.9 Å². The van der Waals surface area contributed by atoms with Crippen LogP contribution >= 0.6 is 0 Å². The van der Waals surface area contributed by atoms with Crippen LogP contribution in [0.2, 0.25) is 0 Å². The predicted octanol–water partition coefficient (Wildman–Crippen LogP) is 4.88. The molecule has 4 rings (SSSR count). The molecule has 0 spiro atoms. The molecule has 0 radical (unpaired) electrons. The maximum absolute atomic E-state index is 13.9. The van der Waals surface area contributed by atoms with Gasteiger partial charge in [-0.2, -0.15) is 0 Å². The Bertz CT molecular complexity index is 1300. The van der Waals surface area contributed by atoms with E-state index in [4.69, 9.17) is 9.47 Å². The summed E-state index contributed by atoms with van der Waals surface area (Å²) < 4.78 is 11.9. The molecule has 206 valence electrons. The van der Waals surface area contributed by atoms with E-state index in [0.717, 1.165) is 16.7 Å². The van der Waals surface area contributed by atoms with Crippen LogP contribution in [0.15, 0.2) is 72.8 Å². The van der Waals surface area contributed by atoms with Gasteiger partial charge in [-0.25, -0.2) is 4.79 Å². The van der Waals surface area contributed by atoms with E-state index in [2.05, 4.69) is 5.32 Å². The van der Waals surface area contributed by atoms with Crippen molar-refractivity contribution in [2.24, 2.45) is 5.92 Å². The number of carbonyl (C=O) groups is 2. The van der Waals surface area contributed by atoms with Crippen molar-refractivity contribution in [2.45, 2.75) is 32.6 Å². The second kappa shape index (κ2) is 12.8. The minimum Gasteiger partial charge on any atom is -0.495 e. The molecule has 0 bridgehead atoms. The first-order valence-electron chi connectivity index (χ1n) is 13.2. The molecule has 1 aliphatic rings. The summed E-state index contributed by atoms with van der Waals surface area (Å²) in [5.74, 6) is 0.292. The Labute approximate surface area is 230 Å². The predicted molar refractivity (Wildman–Crippen MR) is 152 cm³/mol. The van der Waals surface area contributed by atoms with Crippen LogP contribution in [0.1, 0.15) is 29.8 Å². The second-order valence-corrected chi connectivity index (χ2v) is 10.0. The van der Waals surface area contributed by atoms with Crippen molar-refractivity contribution in [1.29, 1.82) is 0 Å². The van der Waals surface area contributed by atoms with Gasteiger partial charge < -0.3 is 29.7 Å². The molecule has 0 unspecified atom stereocenters. The third-order valence-corrected chi connectivity index (χ3v) is 7.24. The zero-order valence-electron chi connectivity index (χ0n) is 23.0. The molecule has 39 heavy (non-hydrogen) atoms. The van der Waals surface area contributed by atoms with E-state index in [9.17, 15) is 14.7 Å². The number of urea groups is 1. The summed E-state index contributed by atoms with van der Waals surface area (Å²) in [5.41, 5.74) is 3.88. The fourth-order valence-corrected chi connectivity index (χ4v) is 4.86. The minimum atomic E-state index is -0.392. The number of ether oxygens (including phenoxy) is 2. The highest BCUT2D eigenvalue weighted by Crippen LogP contribution is 2.31. The third-order valence-electron chi connectivity index (χ3n) is 7.24. The van der Waals surface area contributed by atoms with Crippen LogP contribution < -0.4 is 10.1 Å². The first-order chi connectivity index (χ1) is 18.8. The monoisotopic (exact) mass is 531 g/mol. The van der Waals surface area contributed by atoms with Gasteiger partial charge in [0.05, 0.1) is 38.2 Å². The Morgan fingerprint density at radius 1 is 1.08 bits per heavy atom. The molecule has 0 saturated heterocycles. The number of rotatable bonds is 6. The van der Waals surface area contributed by atoms with Crippen molar-refractivity contribution in [3.8, 4) is 16.9 Å². The van der Waals surface area contributed by atoms with Gasteiger partial charge in [-0.3, -0.25) is 4.79 Å². The van der Waals surface area contributed by atoms with Gasteiger partial charge in [-0.05, 0) is 41.8 Å². The number of para-hydroxylation sites is 2. The van der Waals surface area contributed by atoms with Gasteiger partial charge in [0.15, 0.2) is 0 Å². The van der Waals surface area contributed by atoms with Crippen LogP contribution in [0, 0.1) is 5.92 Å². The Balaban J connectivity index is 1.64. The molecule has 0 aromatic heterocycles. The van der Waals surface area contributed by atoms with E-state index in [1.807, 2.05) is 74.5 Å². The van der Waals surface area contributed by atoms with Crippen LogP contribution in [0.3, 0.4) is 0 Å². The summed E-state index contributed by atoms with van der Waals surface area (Å²) in [6, 6.07) is 22.0. The standard InChI is InChI=1S/C31H37N3O5/c1-21-17-34(22(2)19-35)30(36)26-14-8-7-13-25(26)24-12-6-5-11-23(24)20-39-29(21)18-33(3)31(37)32-27-15-9-10-16-28(27)38-4/h5-16,21-22,29,35H,17-20H2,1-4H3,(H,32,37)/t21-,22+,29+/m0/s1. The van der Waals surface area contributed by atoms with Crippen molar-refractivity contribution in [1.82, 2.24) is 9.80 Å². The van der Waals surface area contributed by atoms with E-state index < -0.39 is 6.04 Å².